The van der Waals surface area contributed by atoms with E-state index in [4.69, 9.17) is 12.2 Å². The molecule has 0 fully saturated rings. The van der Waals surface area contributed by atoms with Crippen molar-refractivity contribution < 1.29 is 0 Å². The Morgan fingerprint density at radius 1 is 1.62 bits per heavy atom. The molecule has 0 radical (unpaired) electrons. The fraction of sp³-hybridized carbons (Fsp3) is 0.444. The first-order chi connectivity index (χ1) is 7.72. The maximum Gasteiger partial charge on any atom is 0.195 e. The average molecular weight is 272 g/mol. The Bertz CT molecular complexity index is 525. The van der Waals surface area contributed by atoms with Crippen LogP contribution in [0.4, 0.5) is 0 Å². The van der Waals surface area contributed by atoms with E-state index in [1.807, 2.05) is 29.6 Å². The van der Waals surface area contributed by atoms with Crippen molar-refractivity contribution in [2.45, 2.75) is 12.7 Å². The molecule has 2 aromatic heterocycles. The van der Waals surface area contributed by atoms with Gasteiger partial charge in [-0.25, -0.2) is 4.98 Å². The van der Waals surface area contributed by atoms with E-state index in [0.29, 0.717) is 4.77 Å². The molecule has 1 N–H and O–H groups in total. The molecule has 0 saturated carbocycles. The summed E-state index contributed by atoms with van der Waals surface area (Å²) in [7, 11) is 1.90. The molecule has 7 heteroatoms. The smallest absolute Gasteiger partial charge is 0.195 e. The highest BCUT2D eigenvalue weighted by Gasteiger charge is 2.09. The van der Waals surface area contributed by atoms with E-state index in [9.17, 15) is 0 Å². The lowest BCUT2D eigenvalue weighted by Gasteiger charge is -1.94. The van der Waals surface area contributed by atoms with E-state index in [-0.39, 0.29) is 0 Å². The zero-order valence-corrected chi connectivity index (χ0v) is 11.5. The molecule has 4 nitrogen and oxygen atoms in total. The minimum absolute atomic E-state index is 0.632. The van der Waals surface area contributed by atoms with Crippen molar-refractivity contribution >= 4 is 35.3 Å². The van der Waals surface area contributed by atoms with Crippen molar-refractivity contribution in [3.63, 3.8) is 0 Å². The topological polar surface area (TPSA) is 46.5 Å². The fourth-order valence-electron chi connectivity index (χ4n) is 1.24. The molecule has 86 valence electrons. The van der Waals surface area contributed by atoms with Crippen molar-refractivity contribution in [2.75, 3.05) is 5.75 Å². The monoisotopic (exact) mass is 272 g/mol. The summed E-state index contributed by atoms with van der Waals surface area (Å²) in [5.41, 5.74) is 0. The number of H-pyrrole nitrogens is 1. The Kier molecular flexibility index (Phi) is 3.78. The number of aromatic amines is 1. The van der Waals surface area contributed by atoms with Gasteiger partial charge < -0.3 is 4.57 Å². The molecule has 0 aliphatic rings. The zero-order chi connectivity index (χ0) is 11.5. The molecule has 2 heterocycles. The Morgan fingerprint density at radius 2 is 2.44 bits per heavy atom. The molecule has 0 saturated heterocycles. The molecular weight excluding hydrogens is 260 g/mol. The van der Waals surface area contributed by atoms with Gasteiger partial charge in [-0.1, -0.05) is 6.92 Å². The van der Waals surface area contributed by atoms with Gasteiger partial charge in [0.25, 0.3) is 0 Å². The summed E-state index contributed by atoms with van der Waals surface area (Å²) < 4.78 is 2.49. The molecule has 0 atom stereocenters. The molecule has 2 aromatic rings. The molecule has 0 aliphatic heterocycles. The van der Waals surface area contributed by atoms with E-state index in [1.54, 1.807) is 11.3 Å². The first kappa shape index (κ1) is 11.8. The Balaban J connectivity index is 2.25. The number of aromatic nitrogens is 4. The molecule has 0 aliphatic carbocycles. The molecule has 0 aromatic carbocycles. The van der Waals surface area contributed by atoms with Crippen LogP contribution in [-0.4, -0.2) is 25.5 Å². The summed E-state index contributed by atoms with van der Waals surface area (Å²) in [6.07, 6.45) is 1.86. The maximum absolute atomic E-state index is 5.08. The second-order valence-electron chi connectivity index (χ2n) is 3.17. The largest absolute Gasteiger partial charge is 0.303 e. The van der Waals surface area contributed by atoms with Crippen LogP contribution in [0.1, 0.15) is 11.9 Å². The summed E-state index contributed by atoms with van der Waals surface area (Å²) in [5.74, 6) is 2.94. The number of hydrogen-bond donors (Lipinski definition) is 1. The summed E-state index contributed by atoms with van der Waals surface area (Å²) >= 11 is 8.62. The highest BCUT2D eigenvalue weighted by atomic mass is 32.2. The number of nitrogens with one attached hydrogen (secondary N) is 1. The van der Waals surface area contributed by atoms with E-state index >= 15 is 0 Å². The molecular formula is C9H12N4S3. The third kappa shape index (κ3) is 2.36. The first-order valence-corrected chi connectivity index (χ1v) is 7.24. The zero-order valence-electron chi connectivity index (χ0n) is 9.06. The van der Waals surface area contributed by atoms with Gasteiger partial charge in [-0.2, -0.15) is 16.9 Å². The standard InChI is InChI=1S/C9H12N4S3/c1-3-15-5-7-10-4-6(16-7)8-11-12-9(14)13(8)2/h4H,3,5H2,1-2H3,(H,12,14). The van der Waals surface area contributed by atoms with Crippen LogP contribution in [0.3, 0.4) is 0 Å². The molecule has 16 heavy (non-hydrogen) atoms. The quantitative estimate of drug-likeness (QED) is 0.869. The van der Waals surface area contributed by atoms with Gasteiger partial charge in [0.2, 0.25) is 0 Å². The van der Waals surface area contributed by atoms with Crippen LogP contribution in [0.5, 0.6) is 0 Å². The predicted molar refractivity (Wildman–Crippen MR) is 71.3 cm³/mol. The summed E-state index contributed by atoms with van der Waals surface area (Å²) in [4.78, 5) is 5.43. The SMILES string of the molecule is CCSCc1ncc(-c2n[nH]c(=S)n2C)s1. The average Bonchev–Trinajstić information content (AvgIpc) is 2.85. The summed E-state index contributed by atoms with van der Waals surface area (Å²) in [6.45, 7) is 2.15. The number of thioether (sulfide) groups is 1. The number of thiazole rings is 1. The highest BCUT2D eigenvalue weighted by molar-refractivity contribution is 7.98. The van der Waals surface area contributed by atoms with E-state index < -0.39 is 0 Å². The second-order valence-corrected chi connectivity index (χ2v) is 5.94. The van der Waals surface area contributed by atoms with Gasteiger partial charge in [0.1, 0.15) is 5.01 Å². The van der Waals surface area contributed by atoms with Gasteiger partial charge in [0, 0.05) is 19.0 Å². The Morgan fingerprint density at radius 3 is 3.06 bits per heavy atom. The van der Waals surface area contributed by atoms with Crippen LogP contribution in [0.2, 0.25) is 0 Å². The molecule has 0 amide bonds. The number of nitrogens with zero attached hydrogens (tertiary/aromatic N) is 3. The lowest BCUT2D eigenvalue weighted by molar-refractivity contribution is 0.903. The van der Waals surface area contributed by atoms with E-state index in [1.165, 1.54) is 0 Å². The summed E-state index contributed by atoms with van der Waals surface area (Å²) in [5, 5.41) is 8.10. The Labute approximate surface area is 107 Å². The Hall–Kier alpha value is -0.660. The van der Waals surface area contributed by atoms with Gasteiger partial charge in [0.15, 0.2) is 10.6 Å². The van der Waals surface area contributed by atoms with Crippen molar-refractivity contribution in [3.05, 3.63) is 16.0 Å². The van der Waals surface area contributed by atoms with Crippen LogP contribution in [0.15, 0.2) is 6.20 Å². The van der Waals surface area contributed by atoms with Crippen molar-refractivity contribution in [1.82, 2.24) is 19.7 Å². The number of hydrogen-bond acceptors (Lipinski definition) is 5. The molecule has 0 unspecified atom stereocenters. The van der Waals surface area contributed by atoms with Crippen molar-refractivity contribution in [1.29, 1.82) is 0 Å². The predicted octanol–water partition coefficient (Wildman–Crippen LogP) is 2.85. The summed E-state index contributed by atoms with van der Waals surface area (Å²) in [6, 6.07) is 0. The second kappa shape index (κ2) is 5.11. The van der Waals surface area contributed by atoms with Gasteiger partial charge in [-0.15, -0.1) is 11.3 Å². The van der Waals surface area contributed by atoms with Crippen LogP contribution in [-0.2, 0) is 12.8 Å². The lowest BCUT2D eigenvalue weighted by atomic mass is 10.5. The third-order valence-electron chi connectivity index (χ3n) is 2.08. The van der Waals surface area contributed by atoms with Crippen LogP contribution in [0.25, 0.3) is 10.7 Å². The third-order valence-corrected chi connectivity index (χ3v) is 4.51. The minimum Gasteiger partial charge on any atom is -0.303 e. The van der Waals surface area contributed by atoms with Crippen LogP contribution in [0, 0.1) is 4.77 Å². The first-order valence-electron chi connectivity index (χ1n) is 4.86. The van der Waals surface area contributed by atoms with Gasteiger partial charge in [-0.3, -0.25) is 5.10 Å². The highest BCUT2D eigenvalue weighted by Crippen LogP contribution is 2.26. The lowest BCUT2D eigenvalue weighted by Crippen LogP contribution is -1.89. The van der Waals surface area contributed by atoms with Crippen molar-refractivity contribution in [2.24, 2.45) is 7.05 Å². The molecule has 2 rings (SSSR count). The van der Waals surface area contributed by atoms with Crippen LogP contribution < -0.4 is 0 Å². The van der Waals surface area contributed by atoms with Gasteiger partial charge in [-0.05, 0) is 18.0 Å². The fourth-order valence-corrected chi connectivity index (χ4v) is 3.05. The van der Waals surface area contributed by atoms with Gasteiger partial charge >= 0.3 is 0 Å². The van der Waals surface area contributed by atoms with E-state index in [2.05, 4.69) is 22.1 Å². The van der Waals surface area contributed by atoms with E-state index in [0.717, 1.165) is 27.2 Å². The normalized spacial score (nSPS) is 10.9. The minimum atomic E-state index is 0.632. The molecule has 0 spiro atoms. The molecule has 0 bridgehead atoms. The van der Waals surface area contributed by atoms with Crippen molar-refractivity contribution in [3.8, 4) is 10.7 Å². The maximum atomic E-state index is 5.08. The number of rotatable bonds is 4. The van der Waals surface area contributed by atoms with Gasteiger partial charge in [0.05, 0.1) is 4.88 Å². The van der Waals surface area contributed by atoms with Crippen LogP contribution >= 0.6 is 35.3 Å².